The molecule has 1 N–H and O–H groups in total. The molecular weight excluding hydrogens is 332 g/mol. The molecule has 148 valence electrons. The number of nitrogens with one attached hydrogen (secondary N) is 1. The van der Waals surface area contributed by atoms with Gasteiger partial charge in [0.15, 0.2) is 0 Å². The highest BCUT2D eigenvalue weighted by Crippen LogP contribution is 2.41. The summed E-state index contributed by atoms with van der Waals surface area (Å²) < 4.78 is 5.26. The molecule has 0 aliphatic heterocycles. The van der Waals surface area contributed by atoms with Crippen LogP contribution in [0, 0.1) is 0 Å². The predicted octanol–water partition coefficient (Wildman–Crippen LogP) is 4.86. The molecule has 2 aromatic rings. The van der Waals surface area contributed by atoms with Gasteiger partial charge in [0.2, 0.25) is 0 Å². The van der Waals surface area contributed by atoms with E-state index in [-0.39, 0.29) is 5.54 Å². The number of benzene rings is 2. The van der Waals surface area contributed by atoms with Gasteiger partial charge in [-0.3, -0.25) is 4.90 Å². The lowest BCUT2D eigenvalue weighted by Gasteiger charge is -2.45. The maximum atomic E-state index is 5.26. The van der Waals surface area contributed by atoms with Crippen LogP contribution < -0.4 is 10.1 Å². The van der Waals surface area contributed by atoms with Gasteiger partial charge in [-0.2, -0.15) is 0 Å². The second-order valence-corrected chi connectivity index (χ2v) is 7.56. The molecule has 1 saturated carbocycles. The van der Waals surface area contributed by atoms with E-state index in [9.17, 15) is 0 Å². The summed E-state index contributed by atoms with van der Waals surface area (Å²) >= 11 is 0. The Balaban J connectivity index is 0.000000273. The molecule has 0 radical (unpaired) electrons. The highest BCUT2D eigenvalue weighted by atomic mass is 16.5. The van der Waals surface area contributed by atoms with E-state index in [1.165, 1.54) is 36.8 Å². The van der Waals surface area contributed by atoms with Crippen molar-refractivity contribution in [2.75, 3.05) is 28.3 Å². The topological polar surface area (TPSA) is 24.5 Å². The van der Waals surface area contributed by atoms with E-state index in [0.717, 1.165) is 12.2 Å². The molecule has 1 aliphatic rings. The molecule has 3 rings (SSSR count). The largest absolute Gasteiger partial charge is 0.497 e. The van der Waals surface area contributed by atoms with Gasteiger partial charge in [-0.25, -0.2) is 0 Å². The zero-order valence-corrected chi connectivity index (χ0v) is 17.7. The summed E-state index contributed by atoms with van der Waals surface area (Å²) in [7, 11) is 8.18. The summed E-state index contributed by atoms with van der Waals surface area (Å²) in [5.41, 5.74) is 3.00. The van der Waals surface area contributed by atoms with Crippen molar-refractivity contribution < 1.29 is 4.74 Å². The van der Waals surface area contributed by atoms with Crippen molar-refractivity contribution in [1.82, 2.24) is 10.2 Å². The molecule has 1 aliphatic carbocycles. The Hall–Kier alpha value is -1.84. The van der Waals surface area contributed by atoms with Crippen molar-refractivity contribution in [2.24, 2.45) is 0 Å². The average Bonchev–Trinajstić information content (AvgIpc) is 2.74. The number of ether oxygens (including phenoxy) is 1. The van der Waals surface area contributed by atoms with E-state index in [2.05, 4.69) is 86.8 Å². The van der Waals surface area contributed by atoms with Crippen molar-refractivity contribution in [2.45, 2.75) is 50.6 Å². The Morgan fingerprint density at radius 3 is 2.00 bits per heavy atom. The quantitative estimate of drug-likeness (QED) is 0.815. The molecule has 0 heterocycles. The fourth-order valence-corrected chi connectivity index (χ4v) is 3.99. The lowest BCUT2D eigenvalue weighted by atomic mass is 9.74. The highest BCUT2D eigenvalue weighted by molar-refractivity contribution is 5.32. The smallest absolute Gasteiger partial charge is 0.118 e. The zero-order chi connectivity index (χ0) is 19.7. The molecule has 2 aromatic carbocycles. The summed E-state index contributed by atoms with van der Waals surface area (Å²) in [6.45, 7) is 2.16. The fourth-order valence-electron chi connectivity index (χ4n) is 3.99. The second kappa shape index (κ2) is 10.5. The second-order valence-electron chi connectivity index (χ2n) is 7.56. The van der Waals surface area contributed by atoms with Gasteiger partial charge in [-0.15, -0.1) is 0 Å². The number of aryl methyl sites for hydroxylation is 1. The van der Waals surface area contributed by atoms with Crippen LogP contribution in [0.25, 0.3) is 0 Å². The van der Waals surface area contributed by atoms with Crippen LogP contribution in [0.3, 0.4) is 0 Å². The van der Waals surface area contributed by atoms with Crippen LogP contribution >= 0.6 is 0 Å². The molecule has 0 atom stereocenters. The Morgan fingerprint density at radius 2 is 1.59 bits per heavy atom. The molecule has 3 heteroatoms. The molecule has 3 nitrogen and oxygen atoms in total. The number of hydrogen-bond acceptors (Lipinski definition) is 3. The number of nitrogens with zero attached hydrogens (tertiary/aromatic N) is 1. The Morgan fingerprint density at radius 1 is 1.00 bits per heavy atom. The van der Waals surface area contributed by atoms with E-state index in [0.29, 0.717) is 6.04 Å². The first-order valence-corrected chi connectivity index (χ1v) is 10.1. The van der Waals surface area contributed by atoms with Gasteiger partial charge < -0.3 is 10.1 Å². The third-order valence-electron chi connectivity index (χ3n) is 5.96. The lowest BCUT2D eigenvalue weighted by Crippen LogP contribution is -2.47. The van der Waals surface area contributed by atoms with Crippen LogP contribution in [0.5, 0.6) is 5.75 Å². The van der Waals surface area contributed by atoms with Gasteiger partial charge in [0.25, 0.3) is 0 Å². The lowest BCUT2D eigenvalue weighted by molar-refractivity contribution is 0.0870. The van der Waals surface area contributed by atoms with Gasteiger partial charge in [0.05, 0.1) is 7.11 Å². The van der Waals surface area contributed by atoms with Crippen LogP contribution in [0.15, 0.2) is 54.6 Å². The van der Waals surface area contributed by atoms with E-state index >= 15 is 0 Å². The molecular formula is C24H36N2O. The summed E-state index contributed by atoms with van der Waals surface area (Å²) in [6, 6.07) is 19.7. The van der Waals surface area contributed by atoms with Crippen molar-refractivity contribution >= 4 is 0 Å². The molecule has 1 fully saturated rings. The Bertz CT molecular complexity index is 644. The predicted molar refractivity (Wildman–Crippen MR) is 115 cm³/mol. The maximum absolute atomic E-state index is 5.26. The van der Waals surface area contributed by atoms with Gasteiger partial charge in [-0.05, 0) is 76.5 Å². The van der Waals surface area contributed by atoms with E-state index in [1.807, 2.05) is 6.07 Å². The normalized spacial score (nSPS) is 22.1. The van der Waals surface area contributed by atoms with E-state index in [1.54, 1.807) is 7.11 Å². The highest BCUT2D eigenvalue weighted by Gasteiger charge is 2.38. The van der Waals surface area contributed by atoms with E-state index < -0.39 is 0 Å². The van der Waals surface area contributed by atoms with Crippen LogP contribution in [0.2, 0.25) is 0 Å². The summed E-state index contributed by atoms with van der Waals surface area (Å²) in [5.74, 6) is 0.932. The molecule has 0 saturated heterocycles. The first-order chi connectivity index (χ1) is 13.1. The third-order valence-corrected chi connectivity index (χ3v) is 5.96. The molecule has 0 amide bonds. The van der Waals surface area contributed by atoms with Crippen molar-refractivity contribution in [3.8, 4) is 5.75 Å². The number of methoxy groups -OCH3 is 1. The number of hydrogen-bond donors (Lipinski definition) is 1. The summed E-state index contributed by atoms with van der Waals surface area (Å²) in [4.78, 5) is 2.39. The number of rotatable bonds is 5. The van der Waals surface area contributed by atoms with Crippen LogP contribution in [0.1, 0.15) is 43.7 Å². The molecule has 0 aromatic heterocycles. The fraction of sp³-hybridized carbons (Fsp3) is 0.500. The van der Waals surface area contributed by atoms with Gasteiger partial charge >= 0.3 is 0 Å². The molecule has 0 bridgehead atoms. The van der Waals surface area contributed by atoms with Gasteiger partial charge in [0, 0.05) is 11.6 Å². The molecule has 0 unspecified atom stereocenters. The Kier molecular flexibility index (Phi) is 8.33. The molecule has 27 heavy (non-hydrogen) atoms. The average molecular weight is 369 g/mol. The van der Waals surface area contributed by atoms with Crippen molar-refractivity contribution in [1.29, 1.82) is 0 Å². The zero-order valence-electron chi connectivity index (χ0n) is 17.7. The molecule has 0 spiro atoms. The van der Waals surface area contributed by atoms with Crippen molar-refractivity contribution in [3.05, 3.63) is 65.7 Å². The Labute approximate surface area is 165 Å². The summed E-state index contributed by atoms with van der Waals surface area (Å²) in [6.07, 6.45) is 6.03. The summed E-state index contributed by atoms with van der Waals surface area (Å²) in [5, 5.41) is 3.41. The minimum Gasteiger partial charge on any atom is -0.497 e. The first-order valence-electron chi connectivity index (χ1n) is 10.1. The van der Waals surface area contributed by atoms with Crippen LogP contribution in [-0.2, 0) is 12.0 Å². The monoisotopic (exact) mass is 368 g/mol. The van der Waals surface area contributed by atoms with Gasteiger partial charge in [0.1, 0.15) is 5.75 Å². The first kappa shape index (κ1) is 21.5. The van der Waals surface area contributed by atoms with E-state index in [4.69, 9.17) is 4.74 Å². The van der Waals surface area contributed by atoms with Crippen molar-refractivity contribution in [3.63, 3.8) is 0 Å². The third kappa shape index (κ3) is 5.57. The maximum Gasteiger partial charge on any atom is 0.118 e. The van der Waals surface area contributed by atoms with Gasteiger partial charge in [-0.1, -0.05) is 49.4 Å². The SMILES string of the molecule is CCc1ccccc1.CNC1CCC(c2ccc(OC)cc2)(N(C)C)CC1. The minimum absolute atomic E-state index is 0.180. The van der Waals surface area contributed by atoms with Crippen LogP contribution in [0.4, 0.5) is 0 Å². The standard InChI is InChI=1S/C16H26N2O.C8H10/c1-17-14-9-11-16(12-10-14,18(2)3)13-5-7-15(19-4)8-6-13;1-2-8-6-4-3-5-7-8/h5-8,14,17H,9-12H2,1-4H3;3-7H,2H2,1H3. The van der Waals surface area contributed by atoms with Crippen LogP contribution in [-0.4, -0.2) is 39.2 Å². The minimum atomic E-state index is 0.180.